The molecule has 5 nitrogen and oxygen atoms in total. The lowest BCUT2D eigenvalue weighted by Gasteiger charge is -2.20. The molecule has 0 spiro atoms. The first-order valence-electron chi connectivity index (χ1n) is 5.65. The van der Waals surface area contributed by atoms with Gasteiger partial charge in [0.1, 0.15) is 17.6 Å². The van der Waals surface area contributed by atoms with Crippen molar-refractivity contribution in [2.45, 2.75) is 32.0 Å². The van der Waals surface area contributed by atoms with Gasteiger partial charge in [-0.15, -0.1) is 0 Å². The Morgan fingerprint density at radius 2 is 2.41 bits per heavy atom. The van der Waals surface area contributed by atoms with Gasteiger partial charge in [-0.1, -0.05) is 0 Å². The summed E-state index contributed by atoms with van der Waals surface area (Å²) >= 11 is 0. The molecular formula is C12H17NO4. The number of likely N-dealkylation sites (tertiary alicyclic amines) is 1. The zero-order chi connectivity index (χ0) is 12.4. The molecule has 0 saturated carbocycles. The molecule has 2 rings (SSSR count). The van der Waals surface area contributed by atoms with E-state index >= 15 is 0 Å². The van der Waals surface area contributed by atoms with Crippen LogP contribution in [0.25, 0.3) is 0 Å². The van der Waals surface area contributed by atoms with Gasteiger partial charge in [-0.2, -0.15) is 0 Å². The van der Waals surface area contributed by atoms with Crippen molar-refractivity contribution < 1.29 is 19.1 Å². The van der Waals surface area contributed by atoms with Crippen molar-refractivity contribution in [2.75, 3.05) is 13.7 Å². The summed E-state index contributed by atoms with van der Waals surface area (Å²) in [7, 11) is 1.36. The lowest BCUT2D eigenvalue weighted by molar-refractivity contribution is -0.146. The number of hydrogen-bond donors (Lipinski definition) is 1. The number of hydrogen-bond acceptors (Lipinski definition) is 5. The molecule has 2 atom stereocenters. The van der Waals surface area contributed by atoms with E-state index in [1.54, 1.807) is 0 Å². The summed E-state index contributed by atoms with van der Waals surface area (Å²) in [5, 5.41) is 9.62. The number of carbonyl (C=O) groups is 1. The molecule has 0 aliphatic carbocycles. The van der Waals surface area contributed by atoms with E-state index in [0.717, 1.165) is 11.5 Å². The Kier molecular flexibility index (Phi) is 3.49. The topological polar surface area (TPSA) is 62.9 Å². The Morgan fingerprint density at radius 1 is 1.65 bits per heavy atom. The molecule has 0 bridgehead atoms. The van der Waals surface area contributed by atoms with Gasteiger partial charge in [-0.25, -0.2) is 0 Å². The van der Waals surface area contributed by atoms with Crippen molar-refractivity contribution in [2.24, 2.45) is 0 Å². The number of furan rings is 1. The van der Waals surface area contributed by atoms with Gasteiger partial charge in [0.2, 0.25) is 0 Å². The maximum absolute atomic E-state index is 11.6. The number of aliphatic hydroxyl groups excluding tert-OH is 1. The third-order valence-corrected chi connectivity index (χ3v) is 3.01. The van der Waals surface area contributed by atoms with E-state index < -0.39 is 6.10 Å². The number of nitrogens with zero attached hydrogens (tertiary/aromatic N) is 1. The molecule has 1 fully saturated rings. The average molecular weight is 239 g/mol. The number of ether oxygens (including phenoxy) is 1. The number of aliphatic hydroxyl groups is 1. The molecule has 0 amide bonds. The lowest BCUT2D eigenvalue weighted by Crippen LogP contribution is -2.36. The quantitative estimate of drug-likeness (QED) is 0.786. The van der Waals surface area contributed by atoms with Crippen LogP contribution in [0.5, 0.6) is 0 Å². The lowest BCUT2D eigenvalue weighted by atomic mass is 10.2. The van der Waals surface area contributed by atoms with E-state index in [9.17, 15) is 9.90 Å². The minimum Gasteiger partial charge on any atom is -0.468 e. The first-order valence-corrected chi connectivity index (χ1v) is 5.65. The summed E-state index contributed by atoms with van der Waals surface area (Å²) in [6.07, 6.45) is -0.0537. The summed E-state index contributed by atoms with van der Waals surface area (Å²) < 4.78 is 10.2. The van der Waals surface area contributed by atoms with Crippen molar-refractivity contribution in [3.8, 4) is 0 Å². The van der Waals surface area contributed by atoms with Gasteiger partial charge < -0.3 is 14.3 Å². The summed E-state index contributed by atoms with van der Waals surface area (Å²) in [5.74, 6) is 1.34. The largest absolute Gasteiger partial charge is 0.468 e. The second-order valence-electron chi connectivity index (χ2n) is 4.37. The Hall–Kier alpha value is -1.33. The molecule has 1 aromatic heterocycles. The van der Waals surface area contributed by atoms with Gasteiger partial charge in [-0.05, 0) is 19.1 Å². The summed E-state index contributed by atoms with van der Waals surface area (Å²) in [5.41, 5.74) is 0. The fraction of sp³-hybridized carbons (Fsp3) is 0.583. The van der Waals surface area contributed by atoms with Gasteiger partial charge in [0.05, 0.1) is 19.8 Å². The molecule has 1 aliphatic heterocycles. The maximum Gasteiger partial charge on any atom is 0.323 e. The van der Waals surface area contributed by atoms with Gasteiger partial charge in [0.15, 0.2) is 0 Å². The zero-order valence-electron chi connectivity index (χ0n) is 10.0. The first-order chi connectivity index (χ1) is 8.10. The summed E-state index contributed by atoms with van der Waals surface area (Å²) in [6, 6.07) is 3.39. The number of methoxy groups -OCH3 is 1. The normalized spacial score (nSPS) is 25.1. The SMILES string of the molecule is COC(=O)C1CC(O)CN1Cc1ccc(C)o1. The van der Waals surface area contributed by atoms with E-state index in [2.05, 4.69) is 0 Å². The van der Waals surface area contributed by atoms with Crippen molar-refractivity contribution in [3.05, 3.63) is 23.7 Å². The molecule has 17 heavy (non-hydrogen) atoms. The fourth-order valence-electron chi connectivity index (χ4n) is 2.21. The van der Waals surface area contributed by atoms with Crippen molar-refractivity contribution >= 4 is 5.97 Å². The van der Waals surface area contributed by atoms with Crippen LogP contribution in [-0.2, 0) is 16.1 Å². The minimum absolute atomic E-state index is 0.301. The second-order valence-corrected chi connectivity index (χ2v) is 4.37. The summed E-state index contributed by atoms with van der Waals surface area (Å²) in [4.78, 5) is 13.4. The molecule has 0 aromatic carbocycles. The maximum atomic E-state index is 11.6. The molecule has 1 N–H and O–H groups in total. The highest BCUT2D eigenvalue weighted by Gasteiger charge is 2.36. The Balaban J connectivity index is 2.05. The average Bonchev–Trinajstić information content (AvgIpc) is 2.85. The van der Waals surface area contributed by atoms with E-state index in [0.29, 0.717) is 19.5 Å². The first kappa shape index (κ1) is 12.1. The van der Waals surface area contributed by atoms with Crippen molar-refractivity contribution in [1.29, 1.82) is 0 Å². The predicted molar refractivity (Wildman–Crippen MR) is 60.3 cm³/mol. The third kappa shape index (κ3) is 2.68. The van der Waals surface area contributed by atoms with E-state index in [1.165, 1.54) is 7.11 Å². The molecule has 0 radical (unpaired) electrons. The Bertz CT molecular complexity index is 401. The van der Waals surface area contributed by atoms with Crippen molar-refractivity contribution in [3.63, 3.8) is 0 Å². The van der Waals surface area contributed by atoms with Gasteiger partial charge in [0.25, 0.3) is 0 Å². The monoisotopic (exact) mass is 239 g/mol. The highest BCUT2D eigenvalue weighted by Crippen LogP contribution is 2.22. The minimum atomic E-state index is -0.477. The Morgan fingerprint density at radius 3 is 3.00 bits per heavy atom. The molecule has 5 heteroatoms. The molecule has 1 saturated heterocycles. The number of rotatable bonds is 3. The van der Waals surface area contributed by atoms with Crippen LogP contribution in [0, 0.1) is 6.92 Å². The van der Waals surface area contributed by atoms with Gasteiger partial charge in [-0.3, -0.25) is 9.69 Å². The smallest absolute Gasteiger partial charge is 0.323 e. The number of esters is 1. The number of β-amino-alcohol motifs (C(OH)–C–C–N with tert-alkyl or cyclic N) is 1. The molecule has 1 aliphatic rings. The van der Waals surface area contributed by atoms with Crippen LogP contribution < -0.4 is 0 Å². The molecule has 2 unspecified atom stereocenters. The fourth-order valence-corrected chi connectivity index (χ4v) is 2.21. The van der Waals surface area contributed by atoms with Crippen LogP contribution in [-0.4, -0.2) is 41.8 Å². The zero-order valence-corrected chi connectivity index (χ0v) is 10.0. The Labute approximate surface area is 100.0 Å². The van der Waals surface area contributed by atoms with Crippen molar-refractivity contribution in [1.82, 2.24) is 4.90 Å². The van der Waals surface area contributed by atoms with Gasteiger partial charge in [0, 0.05) is 13.0 Å². The molecular weight excluding hydrogens is 222 g/mol. The number of carbonyl (C=O) groups excluding carboxylic acids is 1. The van der Waals surface area contributed by atoms with Crippen LogP contribution in [0.2, 0.25) is 0 Å². The van der Waals surface area contributed by atoms with Crippen LogP contribution in [0.1, 0.15) is 17.9 Å². The predicted octanol–water partition coefficient (Wildman–Crippen LogP) is 0.696. The van der Waals surface area contributed by atoms with E-state index in [4.69, 9.17) is 9.15 Å². The van der Waals surface area contributed by atoms with E-state index in [-0.39, 0.29) is 12.0 Å². The summed E-state index contributed by atoms with van der Waals surface area (Å²) in [6.45, 7) is 2.87. The molecule has 2 heterocycles. The van der Waals surface area contributed by atoms with Crippen LogP contribution in [0.4, 0.5) is 0 Å². The molecule has 94 valence electrons. The standard InChI is InChI=1S/C12H17NO4/c1-8-3-4-10(17-8)7-13-6-9(14)5-11(13)12(15)16-2/h3-4,9,11,14H,5-7H2,1-2H3. The highest BCUT2D eigenvalue weighted by atomic mass is 16.5. The second kappa shape index (κ2) is 4.89. The highest BCUT2D eigenvalue weighted by molar-refractivity contribution is 5.76. The van der Waals surface area contributed by atoms with Crippen LogP contribution in [0.3, 0.4) is 0 Å². The third-order valence-electron chi connectivity index (χ3n) is 3.01. The molecule has 1 aromatic rings. The van der Waals surface area contributed by atoms with Crippen LogP contribution in [0.15, 0.2) is 16.5 Å². The van der Waals surface area contributed by atoms with Gasteiger partial charge >= 0.3 is 5.97 Å². The number of aryl methyl sites for hydroxylation is 1. The van der Waals surface area contributed by atoms with Crippen LogP contribution >= 0.6 is 0 Å². The van der Waals surface area contributed by atoms with E-state index in [1.807, 2.05) is 24.0 Å².